The summed E-state index contributed by atoms with van der Waals surface area (Å²) in [6.07, 6.45) is 1.23. The molecule has 0 aliphatic carbocycles. The van der Waals surface area contributed by atoms with Crippen LogP contribution >= 0.6 is 11.5 Å². The van der Waals surface area contributed by atoms with Crippen LogP contribution in [0.4, 0.5) is 0 Å². The number of hydrogen-bond donors (Lipinski definition) is 0. The van der Waals surface area contributed by atoms with Crippen LogP contribution in [0, 0.1) is 0 Å². The summed E-state index contributed by atoms with van der Waals surface area (Å²) in [6.45, 7) is 0. The van der Waals surface area contributed by atoms with Crippen molar-refractivity contribution >= 4 is 32.3 Å². The summed E-state index contributed by atoms with van der Waals surface area (Å²) >= 11 is 1.35. The molecule has 3 nitrogen and oxygen atoms in total. The average molecular weight is 227 g/mol. The van der Waals surface area contributed by atoms with Crippen LogP contribution in [0.3, 0.4) is 0 Å². The first kappa shape index (κ1) is 9.61. The van der Waals surface area contributed by atoms with E-state index in [4.69, 9.17) is 0 Å². The molecular weight excluding hydrogens is 218 g/mol. The minimum Gasteiger partial charge on any atom is -0.229 e. The van der Waals surface area contributed by atoms with Crippen molar-refractivity contribution in [2.45, 2.75) is 5.75 Å². The maximum Gasteiger partial charge on any atom is 0.151 e. The molecule has 1 aromatic carbocycles. The molecule has 0 radical (unpaired) electrons. The SMILES string of the molecule is CS(=O)(=O)Cc1cccc2csnc12. The molecule has 0 bridgehead atoms. The largest absolute Gasteiger partial charge is 0.229 e. The van der Waals surface area contributed by atoms with Crippen LogP contribution in [-0.4, -0.2) is 19.0 Å². The summed E-state index contributed by atoms with van der Waals surface area (Å²) < 4.78 is 26.5. The summed E-state index contributed by atoms with van der Waals surface area (Å²) in [4.78, 5) is 0. The van der Waals surface area contributed by atoms with Crippen LogP contribution in [0.15, 0.2) is 23.6 Å². The zero-order valence-corrected chi connectivity index (χ0v) is 9.23. The Morgan fingerprint density at radius 1 is 1.43 bits per heavy atom. The van der Waals surface area contributed by atoms with Crippen LogP contribution < -0.4 is 0 Å². The molecule has 14 heavy (non-hydrogen) atoms. The van der Waals surface area contributed by atoms with Crippen molar-refractivity contribution < 1.29 is 8.42 Å². The van der Waals surface area contributed by atoms with Gasteiger partial charge in [0, 0.05) is 17.0 Å². The lowest BCUT2D eigenvalue weighted by Gasteiger charge is -1.99. The fourth-order valence-corrected chi connectivity index (χ4v) is 2.83. The van der Waals surface area contributed by atoms with E-state index >= 15 is 0 Å². The Morgan fingerprint density at radius 2 is 2.21 bits per heavy atom. The van der Waals surface area contributed by atoms with Crippen LogP contribution in [0.25, 0.3) is 10.9 Å². The van der Waals surface area contributed by atoms with E-state index in [2.05, 4.69) is 4.37 Å². The Balaban J connectivity index is 2.57. The molecule has 0 saturated carbocycles. The van der Waals surface area contributed by atoms with Crippen molar-refractivity contribution in [3.8, 4) is 0 Å². The third-order valence-corrected chi connectivity index (χ3v) is 3.37. The Morgan fingerprint density at radius 3 is 2.93 bits per heavy atom. The van der Waals surface area contributed by atoms with Crippen molar-refractivity contribution in [2.75, 3.05) is 6.26 Å². The number of nitrogens with zero attached hydrogens (tertiary/aromatic N) is 1. The first-order valence-electron chi connectivity index (χ1n) is 4.06. The molecule has 0 aliphatic rings. The third kappa shape index (κ3) is 1.93. The molecule has 0 saturated heterocycles. The van der Waals surface area contributed by atoms with Gasteiger partial charge in [-0.25, -0.2) is 8.42 Å². The highest BCUT2D eigenvalue weighted by Gasteiger charge is 2.09. The van der Waals surface area contributed by atoms with Gasteiger partial charge in [0.25, 0.3) is 0 Å². The second-order valence-corrected chi connectivity index (χ2v) is 6.01. The normalized spacial score (nSPS) is 12.1. The second-order valence-electron chi connectivity index (χ2n) is 3.24. The maximum absolute atomic E-state index is 11.1. The number of fused-ring (bicyclic) bond motifs is 1. The predicted molar refractivity (Wildman–Crippen MR) is 58.2 cm³/mol. The molecule has 0 spiro atoms. The van der Waals surface area contributed by atoms with Crippen molar-refractivity contribution in [1.82, 2.24) is 4.37 Å². The molecular formula is C9H9NO2S2. The number of hydrogen-bond acceptors (Lipinski definition) is 4. The number of benzene rings is 1. The van der Waals surface area contributed by atoms with Gasteiger partial charge in [0.05, 0.1) is 11.3 Å². The molecule has 0 N–H and O–H groups in total. The third-order valence-electron chi connectivity index (χ3n) is 1.89. The first-order valence-corrected chi connectivity index (χ1v) is 6.96. The minimum absolute atomic E-state index is 0.0636. The summed E-state index contributed by atoms with van der Waals surface area (Å²) in [5.41, 5.74) is 1.59. The van der Waals surface area contributed by atoms with E-state index in [-0.39, 0.29) is 5.75 Å². The average Bonchev–Trinajstić information content (AvgIpc) is 2.49. The molecule has 0 amide bonds. The molecule has 2 rings (SSSR count). The highest BCUT2D eigenvalue weighted by Crippen LogP contribution is 2.20. The van der Waals surface area contributed by atoms with E-state index in [1.807, 2.05) is 23.6 Å². The van der Waals surface area contributed by atoms with Gasteiger partial charge in [-0.05, 0) is 17.1 Å². The summed E-state index contributed by atoms with van der Waals surface area (Å²) in [6, 6.07) is 5.60. The van der Waals surface area contributed by atoms with Crippen molar-refractivity contribution in [2.24, 2.45) is 0 Å². The summed E-state index contributed by atoms with van der Waals surface area (Å²) in [7, 11) is -2.98. The molecule has 0 atom stereocenters. The van der Waals surface area contributed by atoms with Gasteiger partial charge in [0.2, 0.25) is 0 Å². The van der Waals surface area contributed by atoms with Gasteiger partial charge in [-0.3, -0.25) is 0 Å². The van der Waals surface area contributed by atoms with E-state index in [0.717, 1.165) is 16.5 Å². The van der Waals surface area contributed by atoms with Crippen molar-refractivity contribution in [1.29, 1.82) is 0 Å². The van der Waals surface area contributed by atoms with E-state index < -0.39 is 9.84 Å². The Hall–Kier alpha value is -0.940. The van der Waals surface area contributed by atoms with Crippen molar-refractivity contribution in [3.05, 3.63) is 29.1 Å². The fourth-order valence-electron chi connectivity index (χ4n) is 1.35. The molecule has 1 heterocycles. The van der Waals surface area contributed by atoms with Gasteiger partial charge in [-0.15, -0.1) is 0 Å². The van der Waals surface area contributed by atoms with Gasteiger partial charge in [-0.2, -0.15) is 4.37 Å². The molecule has 0 fully saturated rings. The lowest BCUT2D eigenvalue weighted by molar-refractivity contribution is 0.601. The Bertz CT molecular complexity index is 557. The molecule has 0 unspecified atom stereocenters. The molecule has 74 valence electrons. The van der Waals surface area contributed by atoms with Gasteiger partial charge < -0.3 is 0 Å². The molecule has 5 heteroatoms. The van der Waals surface area contributed by atoms with Crippen LogP contribution in [0.5, 0.6) is 0 Å². The minimum atomic E-state index is -2.98. The van der Waals surface area contributed by atoms with Gasteiger partial charge >= 0.3 is 0 Å². The Labute approximate surface area is 86.5 Å². The molecule has 1 aromatic heterocycles. The van der Waals surface area contributed by atoms with Crippen molar-refractivity contribution in [3.63, 3.8) is 0 Å². The fraction of sp³-hybridized carbons (Fsp3) is 0.222. The summed E-state index contributed by atoms with van der Waals surface area (Å²) in [5.74, 6) is 0.0636. The van der Waals surface area contributed by atoms with Crippen LogP contribution in [0.1, 0.15) is 5.56 Å². The lowest BCUT2D eigenvalue weighted by Crippen LogP contribution is -2.00. The number of aromatic nitrogens is 1. The van der Waals surface area contributed by atoms with Crippen LogP contribution in [-0.2, 0) is 15.6 Å². The molecule has 2 aromatic rings. The van der Waals surface area contributed by atoms with Gasteiger partial charge in [0.1, 0.15) is 0 Å². The maximum atomic E-state index is 11.1. The van der Waals surface area contributed by atoms with E-state index in [9.17, 15) is 8.42 Å². The topological polar surface area (TPSA) is 47.0 Å². The highest BCUT2D eigenvalue weighted by molar-refractivity contribution is 7.89. The zero-order valence-electron chi connectivity index (χ0n) is 7.60. The van der Waals surface area contributed by atoms with Gasteiger partial charge in [0.15, 0.2) is 9.84 Å². The van der Waals surface area contributed by atoms with Crippen LogP contribution in [0.2, 0.25) is 0 Å². The summed E-state index contributed by atoms with van der Waals surface area (Å²) in [5, 5.41) is 2.93. The monoisotopic (exact) mass is 227 g/mol. The standard InChI is InChI=1S/C9H9NO2S2/c1-14(11,12)6-8-4-2-3-7-5-13-10-9(7)8/h2-5H,6H2,1H3. The first-order chi connectivity index (χ1) is 6.56. The van der Waals surface area contributed by atoms with Gasteiger partial charge in [-0.1, -0.05) is 18.2 Å². The highest BCUT2D eigenvalue weighted by atomic mass is 32.2. The lowest BCUT2D eigenvalue weighted by atomic mass is 10.2. The quantitative estimate of drug-likeness (QED) is 0.786. The smallest absolute Gasteiger partial charge is 0.151 e. The number of sulfone groups is 1. The second kappa shape index (κ2) is 3.33. The van der Waals surface area contributed by atoms with E-state index in [1.165, 1.54) is 17.8 Å². The predicted octanol–water partition coefficient (Wildman–Crippen LogP) is 1.84. The Kier molecular flexibility index (Phi) is 2.28. The van der Waals surface area contributed by atoms with E-state index in [1.54, 1.807) is 0 Å². The van der Waals surface area contributed by atoms with E-state index in [0.29, 0.717) is 0 Å². The zero-order chi connectivity index (χ0) is 10.2. The number of rotatable bonds is 2. The molecule has 0 aliphatic heterocycles.